The molecule has 0 aromatic heterocycles. The predicted molar refractivity (Wildman–Crippen MR) is 99.0 cm³/mol. The number of methoxy groups -OCH3 is 3. The highest BCUT2D eigenvalue weighted by Crippen LogP contribution is 2.41. The third-order valence-corrected chi connectivity index (χ3v) is 4.22. The summed E-state index contributed by atoms with van der Waals surface area (Å²) in [6.45, 7) is 5.73. The number of allylic oxidation sites excluding steroid dienone is 1. The number of urea groups is 1. The zero-order valence-electron chi connectivity index (χ0n) is 16.5. The van der Waals surface area contributed by atoms with E-state index in [1.54, 1.807) is 19.1 Å². The molecule has 1 atom stereocenters. The highest BCUT2D eigenvalue weighted by atomic mass is 16.5. The summed E-state index contributed by atoms with van der Waals surface area (Å²) in [5.74, 6) is 0.781. The first-order valence-electron chi connectivity index (χ1n) is 8.66. The molecule has 0 aliphatic carbocycles. The van der Waals surface area contributed by atoms with Gasteiger partial charge in [-0.3, -0.25) is 0 Å². The minimum absolute atomic E-state index is 0.0934. The average Bonchev–Trinajstić information content (AvgIpc) is 2.66. The Bertz CT molecular complexity index is 757. The second-order valence-electron chi connectivity index (χ2n) is 6.18. The SMILES string of the molecule is CCOC(=O)C1=C(C(C)C)NC(=O)NC1c1cc(OC)c(OC)cc1OC. The highest BCUT2D eigenvalue weighted by Gasteiger charge is 2.36. The van der Waals surface area contributed by atoms with Crippen molar-refractivity contribution in [3.63, 3.8) is 0 Å². The van der Waals surface area contributed by atoms with Crippen LogP contribution in [0.5, 0.6) is 17.2 Å². The fourth-order valence-corrected chi connectivity index (χ4v) is 2.99. The Balaban J connectivity index is 2.70. The molecular formula is C19H26N2O6. The lowest BCUT2D eigenvalue weighted by atomic mass is 9.90. The molecule has 148 valence electrons. The molecule has 0 saturated carbocycles. The van der Waals surface area contributed by atoms with Crippen LogP contribution in [0.3, 0.4) is 0 Å². The van der Waals surface area contributed by atoms with Crippen molar-refractivity contribution < 1.29 is 28.5 Å². The quantitative estimate of drug-likeness (QED) is 0.708. The highest BCUT2D eigenvalue weighted by molar-refractivity contribution is 5.95. The zero-order chi connectivity index (χ0) is 20.1. The van der Waals surface area contributed by atoms with Crippen molar-refractivity contribution >= 4 is 12.0 Å². The topological polar surface area (TPSA) is 95.1 Å². The number of nitrogens with one attached hydrogen (secondary N) is 2. The Hall–Kier alpha value is -2.90. The van der Waals surface area contributed by atoms with Crippen LogP contribution in [0.4, 0.5) is 4.79 Å². The van der Waals surface area contributed by atoms with E-state index in [4.69, 9.17) is 18.9 Å². The summed E-state index contributed by atoms with van der Waals surface area (Å²) in [5, 5.41) is 5.51. The molecule has 1 aromatic carbocycles. The van der Waals surface area contributed by atoms with Crippen molar-refractivity contribution in [2.45, 2.75) is 26.8 Å². The van der Waals surface area contributed by atoms with Crippen LogP contribution in [-0.2, 0) is 9.53 Å². The van der Waals surface area contributed by atoms with Crippen LogP contribution >= 0.6 is 0 Å². The maximum absolute atomic E-state index is 12.7. The molecule has 1 aromatic rings. The largest absolute Gasteiger partial charge is 0.496 e. The molecule has 27 heavy (non-hydrogen) atoms. The number of hydrogen-bond donors (Lipinski definition) is 2. The Labute approximate surface area is 158 Å². The maximum atomic E-state index is 12.7. The monoisotopic (exact) mass is 378 g/mol. The van der Waals surface area contributed by atoms with Crippen molar-refractivity contribution in [3.05, 3.63) is 29.0 Å². The average molecular weight is 378 g/mol. The summed E-state index contributed by atoms with van der Waals surface area (Å²) >= 11 is 0. The molecule has 0 radical (unpaired) electrons. The lowest BCUT2D eigenvalue weighted by Gasteiger charge is -2.31. The minimum Gasteiger partial charge on any atom is -0.496 e. The third-order valence-electron chi connectivity index (χ3n) is 4.22. The van der Waals surface area contributed by atoms with Gasteiger partial charge in [0.25, 0.3) is 0 Å². The van der Waals surface area contributed by atoms with Crippen LogP contribution in [0.15, 0.2) is 23.4 Å². The molecule has 1 unspecified atom stereocenters. The first-order valence-corrected chi connectivity index (χ1v) is 8.66. The van der Waals surface area contributed by atoms with Crippen molar-refractivity contribution in [3.8, 4) is 17.2 Å². The van der Waals surface area contributed by atoms with Gasteiger partial charge in [0.05, 0.1) is 39.6 Å². The number of carbonyl (C=O) groups is 2. The van der Waals surface area contributed by atoms with Crippen LogP contribution < -0.4 is 24.8 Å². The maximum Gasteiger partial charge on any atom is 0.338 e. The number of amides is 2. The number of rotatable bonds is 7. The van der Waals surface area contributed by atoms with Gasteiger partial charge >= 0.3 is 12.0 Å². The van der Waals surface area contributed by atoms with Crippen LogP contribution in [-0.4, -0.2) is 39.9 Å². The Kier molecular flexibility index (Phi) is 6.55. The molecule has 2 amide bonds. The second-order valence-corrected chi connectivity index (χ2v) is 6.18. The third kappa shape index (κ3) is 4.10. The van der Waals surface area contributed by atoms with Crippen molar-refractivity contribution in [1.82, 2.24) is 10.6 Å². The molecule has 1 heterocycles. The Morgan fingerprint density at radius 3 is 2.19 bits per heavy atom. The van der Waals surface area contributed by atoms with Gasteiger partial charge in [-0.05, 0) is 18.9 Å². The number of esters is 1. The summed E-state index contributed by atoms with van der Waals surface area (Å²) in [6.07, 6.45) is 0. The van der Waals surface area contributed by atoms with Gasteiger partial charge in [0.1, 0.15) is 5.75 Å². The molecule has 1 aliphatic heterocycles. The minimum atomic E-state index is -0.759. The first kappa shape index (κ1) is 20.4. The van der Waals surface area contributed by atoms with E-state index in [1.807, 2.05) is 13.8 Å². The van der Waals surface area contributed by atoms with E-state index in [9.17, 15) is 9.59 Å². The van der Waals surface area contributed by atoms with Gasteiger partial charge in [-0.2, -0.15) is 0 Å². The molecule has 0 bridgehead atoms. The van der Waals surface area contributed by atoms with Crippen LogP contribution in [0, 0.1) is 5.92 Å². The van der Waals surface area contributed by atoms with Crippen LogP contribution in [0.2, 0.25) is 0 Å². The Morgan fingerprint density at radius 2 is 1.67 bits per heavy atom. The van der Waals surface area contributed by atoms with E-state index in [0.29, 0.717) is 34.1 Å². The number of benzene rings is 1. The molecule has 8 heteroatoms. The molecule has 1 aliphatic rings. The van der Waals surface area contributed by atoms with E-state index in [0.717, 1.165) is 0 Å². The summed E-state index contributed by atoms with van der Waals surface area (Å²) in [6, 6.07) is 2.17. The van der Waals surface area contributed by atoms with Gasteiger partial charge in [-0.15, -0.1) is 0 Å². The smallest absolute Gasteiger partial charge is 0.338 e. The van der Waals surface area contributed by atoms with Gasteiger partial charge in [0, 0.05) is 17.3 Å². The summed E-state index contributed by atoms with van der Waals surface area (Å²) in [5.41, 5.74) is 1.40. The van der Waals surface area contributed by atoms with E-state index < -0.39 is 18.0 Å². The van der Waals surface area contributed by atoms with Crippen molar-refractivity contribution in [2.75, 3.05) is 27.9 Å². The predicted octanol–water partition coefficient (Wildman–Crippen LogP) is 2.54. The molecule has 0 saturated heterocycles. The summed E-state index contributed by atoms with van der Waals surface area (Å²) in [4.78, 5) is 25.0. The van der Waals surface area contributed by atoms with Crippen LogP contribution in [0.1, 0.15) is 32.4 Å². The fourth-order valence-electron chi connectivity index (χ4n) is 2.99. The van der Waals surface area contributed by atoms with E-state index in [2.05, 4.69) is 10.6 Å². The zero-order valence-corrected chi connectivity index (χ0v) is 16.5. The standard InChI is InChI=1S/C19H26N2O6/c1-7-27-18(22)15-16(10(2)3)20-19(23)21-17(15)11-8-13(25-5)14(26-6)9-12(11)24-4/h8-10,17H,7H2,1-6H3,(H2,20,21,23). The van der Waals surface area contributed by atoms with E-state index in [1.165, 1.54) is 21.3 Å². The van der Waals surface area contributed by atoms with Gasteiger partial charge < -0.3 is 29.6 Å². The Morgan fingerprint density at radius 1 is 1.07 bits per heavy atom. The molecule has 0 fully saturated rings. The molecule has 2 rings (SSSR count). The lowest BCUT2D eigenvalue weighted by molar-refractivity contribution is -0.139. The number of ether oxygens (including phenoxy) is 4. The van der Waals surface area contributed by atoms with Gasteiger partial charge in [-0.25, -0.2) is 9.59 Å². The lowest BCUT2D eigenvalue weighted by Crippen LogP contribution is -2.47. The van der Waals surface area contributed by atoms with Crippen LogP contribution in [0.25, 0.3) is 0 Å². The van der Waals surface area contributed by atoms with Gasteiger partial charge in [0.15, 0.2) is 11.5 Å². The summed E-state index contributed by atoms with van der Waals surface area (Å²) in [7, 11) is 4.53. The van der Waals surface area contributed by atoms with E-state index in [-0.39, 0.29) is 12.5 Å². The van der Waals surface area contributed by atoms with Crippen molar-refractivity contribution in [2.24, 2.45) is 5.92 Å². The molecule has 2 N–H and O–H groups in total. The number of hydrogen-bond acceptors (Lipinski definition) is 6. The fraction of sp³-hybridized carbons (Fsp3) is 0.474. The number of carbonyl (C=O) groups excluding carboxylic acids is 2. The normalized spacial score (nSPS) is 16.6. The van der Waals surface area contributed by atoms with Gasteiger partial charge in [-0.1, -0.05) is 13.8 Å². The van der Waals surface area contributed by atoms with E-state index >= 15 is 0 Å². The first-order chi connectivity index (χ1) is 12.9. The molecular weight excluding hydrogens is 352 g/mol. The second kappa shape index (κ2) is 8.66. The van der Waals surface area contributed by atoms with Gasteiger partial charge in [0.2, 0.25) is 0 Å². The summed E-state index contributed by atoms with van der Waals surface area (Å²) < 4.78 is 21.4. The van der Waals surface area contributed by atoms with Crippen molar-refractivity contribution in [1.29, 1.82) is 0 Å². The molecule has 0 spiro atoms. The molecule has 8 nitrogen and oxygen atoms in total.